The van der Waals surface area contributed by atoms with Gasteiger partial charge in [0.2, 0.25) is 0 Å². The van der Waals surface area contributed by atoms with Gasteiger partial charge in [0, 0.05) is 11.1 Å². The van der Waals surface area contributed by atoms with Crippen LogP contribution < -0.4 is 0 Å². The van der Waals surface area contributed by atoms with Crippen molar-refractivity contribution in [2.75, 3.05) is 0 Å². The van der Waals surface area contributed by atoms with E-state index in [2.05, 4.69) is 30.1 Å². The van der Waals surface area contributed by atoms with Crippen LogP contribution in [0.1, 0.15) is 30.0 Å². The smallest absolute Gasteiger partial charge is 0.0711 e. The normalized spacial score (nSPS) is 16.1. The lowest BCUT2D eigenvalue weighted by Crippen LogP contribution is -1.91. The Morgan fingerprint density at radius 2 is 2.29 bits per heavy atom. The van der Waals surface area contributed by atoms with Crippen molar-refractivity contribution in [2.45, 2.75) is 25.7 Å². The molecule has 0 amide bonds. The number of aryl methyl sites for hydroxylation is 1. The molecule has 0 N–H and O–H groups in total. The van der Waals surface area contributed by atoms with Gasteiger partial charge in [0.1, 0.15) is 0 Å². The number of hydrogen-bond donors (Lipinski definition) is 0. The molecule has 1 heterocycles. The molecule has 0 bridgehead atoms. The SMILES string of the molecule is Cc1nc2c[c]ccc2cc1C1CC1. The van der Waals surface area contributed by atoms with Crippen LogP contribution >= 0.6 is 0 Å². The van der Waals surface area contributed by atoms with Gasteiger partial charge in [-0.05, 0) is 49.4 Å². The molecule has 1 aliphatic carbocycles. The first kappa shape index (κ1) is 7.98. The minimum atomic E-state index is 0.788. The molecule has 0 unspecified atom stereocenters. The summed E-state index contributed by atoms with van der Waals surface area (Å²) in [6.07, 6.45) is 2.68. The fourth-order valence-electron chi connectivity index (χ4n) is 1.98. The van der Waals surface area contributed by atoms with Crippen LogP contribution in [0.5, 0.6) is 0 Å². The molecular weight excluding hydrogens is 170 g/mol. The molecule has 1 saturated carbocycles. The van der Waals surface area contributed by atoms with Gasteiger partial charge in [-0.3, -0.25) is 4.98 Å². The van der Waals surface area contributed by atoms with Gasteiger partial charge < -0.3 is 0 Å². The number of hydrogen-bond acceptors (Lipinski definition) is 1. The molecule has 1 radical (unpaired) electrons. The standard InChI is InChI=1S/C13H12N/c1-9-12(10-6-7-10)8-11-4-2-3-5-13(11)14-9/h2,4-5,8,10H,6-7H2,1H3. The fourth-order valence-corrected chi connectivity index (χ4v) is 1.98. The predicted octanol–water partition coefficient (Wildman–Crippen LogP) is 3.22. The lowest BCUT2D eigenvalue weighted by atomic mass is 10.1. The van der Waals surface area contributed by atoms with Crippen molar-refractivity contribution in [3.05, 3.63) is 41.6 Å². The Morgan fingerprint density at radius 3 is 3.07 bits per heavy atom. The maximum atomic E-state index is 4.61. The number of aromatic nitrogens is 1. The monoisotopic (exact) mass is 182 g/mol. The maximum Gasteiger partial charge on any atom is 0.0711 e. The molecule has 1 heteroatoms. The summed E-state index contributed by atoms with van der Waals surface area (Å²) in [5.41, 5.74) is 3.71. The minimum Gasteiger partial charge on any atom is -0.253 e. The Morgan fingerprint density at radius 1 is 1.43 bits per heavy atom. The zero-order valence-electron chi connectivity index (χ0n) is 8.25. The summed E-state index contributed by atoms with van der Waals surface area (Å²) in [6, 6.07) is 11.4. The van der Waals surface area contributed by atoms with E-state index >= 15 is 0 Å². The van der Waals surface area contributed by atoms with Crippen LogP contribution in [-0.2, 0) is 0 Å². The van der Waals surface area contributed by atoms with E-state index in [0.717, 1.165) is 11.4 Å². The second-order valence-electron chi connectivity index (χ2n) is 4.06. The highest BCUT2D eigenvalue weighted by Gasteiger charge is 2.25. The lowest BCUT2D eigenvalue weighted by molar-refractivity contribution is 1.06. The molecule has 0 aliphatic heterocycles. The van der Waals surface area contributed by atoms with E-state index in [0.29, 0.717) is 0 Å². The van der Waals surface area contributed by atoms with Gasteiger partial charge >= 0.3 is 0 Å². The van der Waals surface area contributed by atoms with Crippen LogP contribution in [0.25, 0.3) is 10.9 Å². The van der Waals surface area contributed by atoms with Crippen LogP contribution in [0.2, 0.25) is 0 Å². The van der Waals surface area contributed by atoms with E-state index in [1.54, 1.807) is 0 Å². The summed E-state index contributed by atoms with van der Waals surface area (Å²) < 4.78 is 0. The van der Waals surface area contributed by atoms with E-state index < -0.39 is 0 Å². The summed E-state index contributed by atoms with van der Waals surface area (Å²) in [6.45, 7) is 2.11. The zero-order valence-corrected chi connectivity index (χ0v) is 8.25. The molecule has 3 rings (SSSR count). The Labute approximate surface area is 83.8 Å². The number of pyridine rings is 1. The summed E-state index contributed by atoms with van der Waals surface area (Å²) in [5.74, 6) is 0.788. The number of nitrogens with zero attached hydrogens (tertiary/aromatic N) is 1. The highest BCUT2D eigenvalue weighted by Crippen LogP contribution is 2.41. The van der Waals surface area contributed by atoms with E-state index in [1.165, 1.54) is 29.5 Å². The third-order valence-corrected chi connectivity index (χ3v) is 2.91. The molecule has 1 aromatic heterocycles. The quantitative estimate of drug-likeness (QED) is 0.659. The molecule has 1 fully saturated rings. The number of rotatable bonds is 1. The van der Waals surface area contributed by atoms with Crippen LogP contribution in [-0.4, -0.2) is 4.98 Å². The fraction of sp³-hybridized carbons (Fsp3) is 0.308. The maximum absolute atomic E-state index is 4.61. The molecule has 0 spiro atoms. The molecule has 0 saturated heterocycles. The minimum absolute atomic E-state index is 0.788. The Hall–Kier alpha value is -1.37. The van der Waals surface area contributed by atoms with Crippen molar-refractivity contribution in [3.8, 4) is 0 Å². The highest BCUT2D eigenvalue weighted by molar-refractivity contribution is 5.79. The predicted molar refractivity (Wildman–Crippen MR) is 57.3 cm³/mol. The molecule has 1 aliphatic rings. The van der Waals surface area contributed by atoms with E-state index in [1.807, 2.05) is 12.1 Å². The van der Waals surface area contributed by atoms with Gasteiger partial charge in [-0.15, -0.1) is 0 Å². The first-order chi connectivity index (χ1) is 6.84. The van der Waals surface area contributed by atoms with Crippen LogP contribution in [0.15, 0.2) is 24.3 Å². The van der Waals surface area contributed by atoms with E-state index in [4.69, 9.17) is 0 Å². The summed E-state index contributed by atoms with van der Waals surface area (Å²) in [4.78, 5) is 4.61. The van der Waals surface area contributed by atoms with Crippen molar-refractivity contribution in [2.24, 2.45) is 0 Å². The summed E-state index contributed by atoms with van der Waals surface area (Å²) in [5, 5.41) is 1.25. The first-order valence-corrected chi connectivity index (χ1v) is 5.12. The van der Waals surface area contributed by atoms with Gasteiger partial charge in [0.15, 0.2) is 0 Å². The second-order valence-corrected chi connectivity index (χ2v) is 4.06. The second kappa shape index (κ2) is 2.81. The van der Waals surface area contributed by atoms with Crippen molar-refractivity contribution in [1.82, 2.24) is 4.98 Å². The van der Waals surface area contributed by atoms with Crippen molar-refractivity contribution < 1.29 is 0 Å². The topological polar surface area (TPSA) is 12.9 Å². The molecule has 1 nitrogen and oxygen atoms in total. The van der Waals surface area contributed by atoms with Crippen molar-refractivity contribution in [3.63, 3.8) is 0 Å². The van der Waals surface area contributed by atoms with Gasteiger partial charge in [0.25, 0.3) is 0 Å². The summed E-state index contributed by atoms with van der Waals surface area (Å²) >= 11 is 0. The number of fused-ring (bicyclic) bond motifs is 1. The molecular formula is C13H12N. The molecule has 69 valence electrons. The summed E-state index contributed by atoms with van der Waals surface area (Å²) in [7, 11) is 0. The highest BCUT2D eigenvalue weighted by atomic mass is 14.7. The third kappa shape index (κ3) is 1.20. The Kier molecular flexibility index (Phi) is 1.60. The third-order valence-electron chi connectivity index (χ3n) is 2.91. The number of benzene rings is 1. The average molecular weight is 182 g/mol. The molecule has 1 aromatic carbocycles. The van der Waals surface area contributed by atoms with E-state index in [-0.39, 0.29) is 0 Å². The first-order valence-electron chi connectivity index (χ1n) is 5.12. The van der Waals surface area contributed by atoms with Gasteiger partial charge in [-0.25, -0.2) is 0 Å². The molecule has 2 aromatic rings. The molecule has 0 atom stereocenters. The largest absolute Gasteiger partial charge is 0.253 e. The lowest BCUT2D eigenvalue weighted by Gasteiger charge is -2.05. The Bertz CT molecular complexity index is 484. The van der Waals surface area contributed by atoms with Crippen molar-refractivity contribution in [1.29, 1.82) is 0 Å². The van der Waals surface area contributed by atoms with Crippen LogP contribution in [0.3, 0.4) is 0 Å². The Balaban J connectivity index is 2.26. The van der Waals surface area contributed by atoms with Crippen molar-refractivity contribution >= 4 is 10.9 Å². The van der Waals surface area contributed by atoms with Gasteiger partial charge in [-0.2, -0.15) is 0 Å². The zero-order chi connectivity index (χ0) is 9.54. The molecule has 14 heavy (non-hydrogen) atoms. The van der Waals surface area contributed by atoms with E-state index in [9.17, 15) is 0 Å². The van der Waals surface area contributed by atoms with Crippen LogP contribution in [0.4, 0.5) is 0 Å². The average Bonchev–Trinajstić information content (AvgIpc) is 3.00. The van der Waals surface area contributed by atoms with Crippen LogP contribution in [0, 0.1) is 13.0 Å². The van der Waals surface area contributed by atoms with Gasteiger partial charge in [-0.1, -0.05) is 12.1 Å². The van der Waals surface area contributed by atoms with Gasteiger partial charge in [0.05, 0.1) is 5.52 Å².